The van der Waals surface area contributed by atoms with Crippen LogP contribution in [0.2, 0.25) is 0 Å². The van der Waals surface area contributed by atoms with Crippen LogP contribution < -0.4 is 11.5 Å². The predicted octanol–water partition coefficient (Wildman–Crippen LogP) is 0.936. The van der Waals surface area contributed by atoms with Crippen molar-refractivity contribution in [1.82, 2.24) is 4.57 Å². The molecule has 0 spiro atoms. The number of benzene rings is 1. The van der Waals surface area contributed by atoms with Gasteiger partial charge in [-0.15, -0.1) is 0 Å². The number of amides is 1. The molecule has 0 saturated heterocycles. The van der Waals surface area contributed by atoms with Crippen LogP contribution in [0.3, 0.4) is 0 Å². The number of nitrogens with two attached hydrogens (primary N) is 2. The molecule has 2 rings (SSSR count). The monoisotopic (exact) mass is 231 g/mol. The summed E-state index contributed by atoms with van der Waals surface area (Å²) in [6.45, 7) is 2.87. The van der Waals surface area contributed by atoms with Gasteiger partial charge in [0.15, 0.2) is 0 Å². The summed E-state index contributed by atoms with van der Waals surface area (Å²) in [7, 11) is 0. The molecule has 0 aliphatic heterocycles. The zero-order chi connectivity index (χ0) is 12.4. The summed E-state index contributed by atoms with van der Waals surface area (Å²) in [4.78, 5) is 11.0. The fraction of sp³-hybridized carbons (Fsp3) is 0.308. The second-order valence-electron chi connectivity index (χ2n) is 4.31. The van der Waals surface area contributed by atoms with Gasteiger partial charge in [0.25, 0.3) is 0 Å². The number of rotatable bonds is 4. The van der Waals surface area contributed by atoms with Crippen molar-refractivity contribution in [3.63, 3.8) is 0 Å². The van der Waals surface area contributed by atoms with Gasteiger partial charge in [-0.3, -0.25) is 4.79 Å². The van der Waals surface area contributed by atoms with Crippen molar-refractivity contribution < 1.29 is 4.79 Å². The van der Waals surface area contributed by atoms with E-state index >= 15 is 0 Å². The van der Waals surface area contributed by atoms with Crippen LogP contribution in [0, 0.1) is 6.92 Å². The molecule has 0 bridgehead atoms. The summed E-state index contributed by atoms with van der Waals surface area (Å²) in [5.74, 6) is -0.332. The number of fused-ring (bicyclic) bond motifs is 1. The van der Waals surface area contributed by atoms with Gasteiger partial charge in [0.1, 0.15) is 6.54 Å². The van der Waals surface area contributed by atoms with E-state index in [0.717, 1.165) is 17.3 Å². The third-order valence-electron chi connectivity index (χ3n) is 2.86. The van der Waals surface area contributed by atoms with Crippen molar-refractivity contribution in [3.8, 4) is 0 Å². The molecule has 17 heavy (non-hydrogen) atoms. The second kappa shape index (κ2) is 4.59. The standard InChI is InChI=1S/C13H17N3O/c1-9-2-3-12-11(6-9)10(4-5-14)7-16(12)8-13(15)17/h2-3,6-7H,4-5,8,14H2,1H3,(H2,15,17). The van der Waals surface area contributed by atoms with E-state index in [1.807, 2.05) is 22.9 Å². The average molecular weight is 231 g/mol. The molecule has 4 N–H and O–H groups in total. The number of aryl methyl sites for hydroxylation is 1. The molecule has 0 unspecified atom stereocenters. The number of carbonyl (C=O) groups is 1. The van der Waals surface area contributed by atoms with E-state index in [0.29, 0.717) is 6.54 Å². The highest BCUT2D eigenvalue weighted by Crippen LogP contribution is 2.23. The van der Waals surface area contributed by atoms with Gasteiger partial charge in [0.05, 0.1) is 0 Å². The van der Waals surface area contributed by atoms with E-state index in [9.17, 15) is 4.79 Å². The molecule has 1 amide bonds. The summed E-state index contributed by atoms with van der Waals surface area (Å²) in [5.41, 5.74) is 14.3. The Morgan fingerprint density at radius 2 is 2.18 bits per heavy atom. The third-order valence-corrected chi connectivity index (χ3v) is 2.86. The van der Waals surface area contributed by atoms with Gasteiger partial charge in [-0.2, -0.15) is 0 Å². The first-order valence-corrected chi connectivity index (χ1v) is 5.68. The summed E-state index contributed by atoms with van der Waals surface area (Å²) >= 11 is 0. The zero-order valence-corrected chi connectivity index (χ0v) is 9.94. The molecule has 1 aromatic heterocycles. The average Bonchev–Trinajstić information content (AvgIpc) is 2.56. The SMILES string of the molecule is Cc1ccc2c(c1)c(CCN)cn2CC(N)=O. The lowest BCUT2D eigenvalue weighted by Crippen LogP contribution is -2.17. The highest BCUT2D eigenvalue weighted by atomic mass is 16.1. The van der Waals surface area contributed by atoms with E-state index in [2.05, 4.69) is 13.0 Å². The van der Waals surface area contributed by atoms with Gasteiger partial charge in [0.2, 0.25) is 5.91 Å². The highest BCUT2D eigenvalue weighted by Gasteiger charge is 2.09. The summed E-state index contributed by atoms with van der Waals surface area (Å²) in [6.07, 6.45) is 2.79. The molecule has 2 aromatic rings. The molecule has 1 aromatic carbocycles. The highest BCUT2D eigenvalue weighted by molar-refractivity contribution is 5.86. The first-order valence-electron chi connectivity index (χ1n) is 5.68. The number of primary amides is 1. The van der Waals surface area contributed by atoms with Gasteiger partial charge < -0.3 is 16.0 Å². The van der Waals surface area contributed by atoms with Crippen molar-refractivity contribution in [2.75, 3.05) is 6.54 Å². The quantitative estimate of drug-likeness (QED) is 0.821. The number of nitrogens with zero attached hydrogens (tertiary/aromatic N) is 1. The molecule has 0 aliphatic carbocycles. The van der Waals surface area contributed by atoms with Crippen LogP contribution in [0.1, 0.15) is 11.1 Å². The van der Waals surface area contributed by atoms with Crippen LogP contribution in [0.5, 0.6) is 0 Å². The Hall–Kier alpha value is -1.81. The van der Waals surface area contributed by atoms with Gasteiger partial charge in [-0.05, 0) is 37.6 Å². The molecule has 0 atom stereocenters. The van der Waals surface area contributed by atoms with Crippen LogP contribution >= 0.6 is 0 Å². The minimum Gasteiger partial charge on any atom is -0.368 e. The van der Waals surface area contributed by atoms with Gasteiger partial charge in [-0.1, -0.05) is 11.6 Å². The van der Waals surface area contributed by atoms with Crippen LogP contribution in [0.4, 0.5) is 0 Å². The normalized spacial score (nSPS) is 10.9. The summed E-state index contributed by atoms with van der Waals surface area (Å²) in [5, 5.41) is 1.16. The fourth-order valence-electron chi connectivity index (χ4n) is 2.14. The molecular formula is C13H17N3O. The lowest BCUT2D eigenvalue weighted by Gasteiger charge is -2.01. The minimum absolute atomic E-state index is 0.212. The number of aromatic nitrogens is 1. The van der Waals surface area contributed by atoms with Gasteiger partial charge in [0, 0.05) is 17.1 Å². The van der Waals surface area contributed by atoms with Gasteiger partial charge in [-0.25, -0.2) is 0 Å². The molecule has 4 heteroatoms. The van der Waals surface area contributed by atoms with E-state index in [1.54, 1.807) is 0 Å². The van der Waals surface area contributed by atoms with Crippen LogP contribution in [-0.4, -0.2) is 17.0 Å². The van der Waals surface area contributed by atoms with Crippen molar-refractivity contribution in [2.24, 2.45) is 11.5 Å². The maximum absolute atomic E-state index is 11.0. The number of hydrogen-bond donors (Lipinski definition) is 2. The molecule has 4 nitrogen and oxygen atoms in total. The van der Waals surface area contributed by atoms with Crippen molar-refractivity contribution in [3.05, 3.63) is 35.5 Å². The Morgan fingerprint density at radius 1 is 1.41 bits per heavy atom. The topological polar surface area (TPSA) is 74.0 Å². The van der Waals surface area contributed by atoms with Crippen LogP contribution in [0.15, 0.2) is 24.4 Å². The third kappa shape index (κ3) is 2.31. The van der Waals surface area contributed by atoms with E-state index in [1.165, 1.54) is 11.1 Å². The van der Waals surface area contributed by atoms with E-state index in [4.69, 9.17) is 11.5 Å². The van der Waals surface area contributed by atoms with Gasteiger partial charge >= 0.3 is 0 Å². The second-order valence-corrected chi connectivity index (χ2v) is 4.31. The molecule has 0 saturated carbocycles. The summed E-state index contributed by atoms with van der Waals surface area (Å²) in [6, 6.07) is 6.18. The first-order chi connectivity index (χ1) is 8.11. The van der Waals surface area contributed by atoms with Crippen LogP contribution in [-0.2, 0) is 17.8 Å². The molecule has 90 valence electrons. The maximum Gasteiger partial charge on any atom is 0.237 e. The summed E-state index contributed by atoms with van der Waals surface area (Å²) < 4.78 is 1.89. The Kier molecular flexibility index (Phi) is 3.15. The molecular weight excluding hydrogens is 214 g/mol. The lowest BCUT2D eigenvalue weighted by atomic mass is 10.1. The fourth-order valence-corrected chi connectivity index (χ4v) is 2.14. The molecule has 0 radical (unpaired) electrons. The lowest BCUT2D eigenvalue weighted by molar-refractivity contribution is -0.118. The Balaban J connectivity index is 2.57. The zero-order valence-electron chi connectivity index (χ0n) is 9.94. The number of carbonyl (C=O) groups excluding carboxylic acids is 1. The predicted molar refractivity (Wildman–Crippen MR) is 68.6 cm³/mol. The molecule has 0 fully saturated rings. The Bertz CT molecular complexity index is 557. The Morgan fingerprint density at radius 3 is 2.82 bits per heavy atom. The first kappa shape index (κ1) is 11.7. The van der Waals surface area contributed by atoms with Crippen molar-refractivity contribution >= 4 is 16.8 Å². The largest absolute Gasteiger partial charge is 0.368 e. The molecule has 0 aliphatic rings. The smallest absolute Gasteiger partial charge is 0.237 e. The number of hydrogen-bond acceptors (Lipinski definition) is 2. The minimum atomic E-state index is -0.332. The van der Waals surface area contributed by atoms with Crippen molar-refractivity contribution in [1.29, 1.82) is 0 Å². The maximum atomic E-state index is 11.0. The van der Waals surface area contributed by atoms with E-state index < -0.39 is 0 Å². The molecule has 1 heterocycles. The van der Waals surface area contributed by atoms with E-state index in [-0.39, 0.29) is 12.5 Å². The van der Waals surface area contributed by atoms with Crippen molar-refractivity contribution in [2.45, 2.75) is 19.9 Å². The van der Waals surface area contributed by atoms with Crippen LogP contribution in [0.25, 0.3) is 10.9 Å². The Labute approximate surface area is 100 Å².